The van der Waals surface area contributed by atoms with Gasteiger partial charge in [0.25, 0.3) is 0 Å². The summed E-state index contributed by atoms with van der Waals surface area (Å²) in [6.07, 6.45) is 4.58. The first-order chi connectivity index (χ1) is 8.78. The molecule has 3 rings (SSSR count). The Bertz CT molecular complexity index is 464. The highest BCUT2D eigenvalue weighted by Crippen LogP contribution is 2.35. The zero-order valence-corrected chi connectivity index (χ0v) is 10.5. The lowest BCUT2D eigenvalue weighted by Gasteiger charge is -2.18. The van der Waals surface area contributed by atoms with Crippen LogP contribution in [-0.2, 0) is 4.74 Å². The molecule has 0 spiro atoms. The standard InChI is InChI=1S/C15H17NO2/c1-2-18-15(17)11-5-7-14(8-6-11)16-9-12-3-4-13(12)10-16/h3-8,12-13H,2,9-10H2,1H3. The average Bonchev–Trinajstić information content (AvgIpc) is 2.66. The molecular formula is C15H17NO2. The topological polar surface area (TPSA) is 29.5 Å². The van der Waals surface area contributed by atoms with Crippen LogP contribution in [0.25, 0.3) is 0 Å². The molecule has 94 valence electrons. The number of esters is 1. The Balaban J connectivity index is 1.69. The Hall–Kier alpha value is -1.77. The number of hydrogen-bond acceptors (Lipinski definition) is 3. The summed E-state index contributed by atoms with van der Waals surface area (Å²) in [5, 5.41) is 0. The molecule has 1 aliphatic heterocycles. The molecular weight excluding hydrogens is 226 g/mol. The van der Waals surface area contributed by atoms with Crippen molar-refractivity contribution in [3.8, 4) is 0 Å². The van der Waals surface area contributed by atoms with Gasteiger partial charge in [-0.15, -0.1) is 0 Å². The number of nitrogens with zero attached hydrogens (tertiary/aromatic N) is 1. The third-order valence-electron chi connectivity index (χ3n) is 3.76. The molecule has 0 radical (unpaired) electrons. The van der Waals surface area contributed by atoms with Crippen LogP contribution in [-0.4, -0.2) is 25.7 Å². The number of fused-ring (bicyclic) bond motifs is 1. The lowest BCUT2D eigenvalue weighted by atomic mass is 9.86. The second-order valence-electron chi connectivity index (χ2n) is 4.88. The minimum Gasteiger partial charge on any atom is -0.462 e. The molecule has 3 nitrogen and oxygen atoms in total. The fraction of sp³-hybridized carbons (Fsp3) is 0.400. The van der Waals surface area contributed by atoms with Crippen LogP contribution in [0, 0.1) is 11.8 Å². The first-order valence-electron chi connectivity index (χ1n) is 6.48. The second-order valence-corrected chi connectivity index (χ2v) is 4.88. The molecule has 1 aromatic rings. The van der Waals surface area contributed by atoms with Gasteiger partial charge in [-0.3, -0.25) is 0 Å². The van der Waals surface area contributed by atoms with Gasteiger partial charge in [0.2, 0.25) is 0 Å². The minimum absolute atomic E-state index is 0.243. The summed E-state index contributed by atoms with van der Waals surface area (Å²) in [5.74, 6) is 1.22. The zero-order chi connectivity index (χ0) is 12.5. The number of hydrogen-bond donors (Lipinski definition) is 0. The summed E-state index contributed by atoms with van der Waals surface area (Å²) in [7, 11) is 0. The van der Waals surface area contributed by atoms with Crippen LogP contribution in [0.5, 0.6) is 0 Å². The summed E-state index contributed by atoms with van der Waals surface area (Å²) in [6.45, 7) is 4.43. The van der Waals surface area contributed by atoms with E-state index in [0.717, 1.165) is 24.9 Å². The SMILES string of the molecule is CCOC(=O)c1ccc(N2CC3C=CC3C2)cc1. The fourth-order valence-electron chi connectivity index (χ4n) is 2.63. The molecule has 0 amide bonds. The fourth-order valence-corrected chi connectivity index (χ4v) is 2.63. The van der Waals surface area contributed by atoms with Gasteiger partial charge in [0.05, 0.1) is 12.2 Å². The van der Waals surface area contributed by atoms with Gasteiger partial charge in [0.15, 0.2) is 0 Å². The molecule has 1 aliphatic carbocycles. The zero-order valence-electron chi connectivity index (χ0n) is 10.5. The number of ether oxygens (including phenoxy) is 1. The molecule has 3 heteroatoms. The smallest absolute Gasteiger partial charge is 0.338 e. The quantitative estimate of drug-likeness (QED) is 0.603. The van der Waals surface area contributed by atoms with E-state index in [1.54, 1.807) is 0 Å². The van der Waals surface area contributed by atoms with Crippen LogP contribution in [0.2, 0.25) is 0 Å². The van der Waals surface area contributed by atoms with Crippen molar-refractivity contribution in [3.05, 3.63) is 42.0 Å². The Kier molecular flexibility index (Phi) is 2.82. The third-order valence-corrected chi connectivity index (χ3v) is 3.76. The molecule has 18 heavy (non-hydrogen) atoms. The van der Waals surface area contributed by atoms with Gasteiger partial charge in [-0.05, 0) is 31.2 Å². The van der Waals surface area contributed by atoms with E-state index < -0.39 is 0 Å². The molecule has 0 bridgehead atoms. The van der Waals surface area contributed by atoms with Crippen molar-refractivity contribution < 1.29 is 9.53 Å². The molecule has 2 aliphatic rings. The number of benzene rings is 1. The second kappa shape index (κ2) is 4.48. The lowest BCUT2D eigenvalue weighted by molar-refractivity contribution is 0.0526. The molecule has 2 atom stereocenters. The van der Waals surface area contributed by atoms with Crippen molar-refractivity contribution in [1.82, 2.24) is 0 Å². The van der Waals surface area contributed by atoms with Gasteiger partial charge in [0.1, 0.15) is 0 Å². The van der Waals surface area contributed by atoms with Crippen molar-refractivity contribution in [2.45, 2.75) is 6.92 Å². The van der Waals surface area contributed by atoms with Gasteiger partial charge in [-0.2, -0.15) is 0 Å². The van der Waals surface area contributed by atoms with E-state index >= 15 is 0 Å². The highest BCUT2D eigenvalue weighted by Gasteiger charge is 2.34. The average molecular weight is 243 g/mol. The monoisotopic (exact) mass is 243 g/mol. The summed E-state index contributed by atoms with van der Waals surface area (Å²) in [5.41, 5.74) is 1.82. The molecule has 2 unspecified atom stereocenters. The van der Waals surface area contributed by atoms with Gasteiger partial charge >= 0.3 is 5.97 Å². The Morgan fingerprint density at radius 2 is 1.83 bits per heavy atom. The van der Waals surface area contributed by atoms with Crippen molar-refractivity contribution in [1.29, 1.82) is 0 Å². The van der Waals surface area contributed by atoms with E-state index in [0.29, 0.717) is 12.2 Å². The number of rotatable bonds is 3. The first-order valence-corrected chi connectivity index (χ1v) is 6.48. The van der Waals surface area contributed by atoms with E-state index in [2.05, 4.69) is 17.1 Å². The highest BCUT2D eigenvalue weighted by molar-refractivity contribution is 5.89. The largest absolute Gasteiger partial charge is 0.462 e. The summed E-state index contributed by atoms with van der Waals surface area (Å²) >= 11 is 0. The normalized spacial score (nSPS) is 24.6. The summed E-state index contributed by atoms with van der Waals surface area (Å²) in [6, 6.07) is 7.72. The van der Waals surface area contributed by atoms with Crippen LogP contribution in [0.3, 0.4) is 0 Å². The van der Waals surface area contributed by atoms with E-state index in [1.807, 2.05) is 31.2 Å². The highest BCUT2D eigenvalue weighted by atomic mass is 16.5. The molecule has 1 heterocycles. The Labute approximate surface area is 107 Å². The number of anilines is 1. The summed E-state index contributed by atoms with van der Waals surface area (Å²) in [4.78, 5) is 13.9. The third kappa shape index (κ3) is 1.90. The van der Waals surface area contributed by atoms with Crippen LogP contribution < -0.4 is 4.90 Å². The molecule has 1 fully saturated rings. The minimum atomic E-state index is -0.243. The molecule has 1 aromatic carbocycles. The lowest BCUT2D eigenvalue weighted by Crippen LogP contribution is -2.19. The van der Waals surface area contributed by atoms with Crippen molar-refractivity contribution >= 4 is 11.7 Å². The predicted molar refractivity (Wildman–Crippen MR) is 70.7 cm³/mol. The summed E-state index contributed by atoms with van der Waals surface area (Å²) < 4.78 is 4.97. The van der Waals surface area contributed by atoms with Gasteiger partial charge in [0, 0.05) is 30.6 Å². The van der Waals surface area contributed by atoms with Crippen molar-refractivity contribution in [2.75, 3.05) is 24.6 Å². The van der Waals surface area contributed by atoms with Crippen LogP contribution in [0.1, 0.15) is 17.3 Å². The van der Waals surface area contributed by atoms with E-state index in [4.69, 9.17) is 4.74 Å². The Morgan fingerprint density at radius 3 is 2.33 bits per heavy atom. The molecule has 0 saturated carbocycles. The Morgan fingerprint density at radius 1 is 1.22 bits per heavy atom. The van der Waals surface area contributed by atoms with Gasteiger partial charge in [-0.1, -0.05) is 12.2 Å². The van der Waals surface area contributed by atoms with E-state index in [9.17, 15) is 4.79 Å². The maximum Gasteiger partial charge on any atom is 0.338 e. The van der Waals surface area contributed by atoms with Crippen LogP contribution in [0.4, 0.5) is 5.69 Å². The van der Waals surface area contributed by atoms with Crippen molar-refractivity contribution in [2.24, 2.45) is 11.8 Å². The van der Waals surface area contributed by atoms with E-state index in [1.165, 1.54) is 5.69 Å². The van der Waals surface area contributed by atoms with Crippen LogP contribution in [0.15, 0.2) is 36.4 Å². The predicted octanol–water partition coefficient (Wildman–Crippen LogP) is 2.49. The van der Waals surface area contributed by atoms with Crippen molar-refractivity contribution in [3.63, 3.8) is 0 Å². The maximum absolute atomic E-state index is 11.5. The number of carbonyl (C=O) groups excluding carboxylic acids is 1. The van der Waals surface area contributed by atoms with Gasteiger partial charge in [-0.25, -0.2) is 4.79 Å². The van der Waals surface area contributed by atoms with E-state index in [-0.39, 0.29) is 5.97 Å². The molecule has 0 N–H and O–H groups in total. The maximum atomic E-state index is 11.5. The number of carbonyl (C=O) groups is 1. The van der Waals surface area contributed by atoms with Gasteiger partial charge < -0.3 is 9.64 Å². The first kappa shape index (κ1) is 11.3. The van der Waals surface area contributed by atoms with Crippen LogP contribution >= 0.6 is 0 Å². The molecule has 0 aromatic heterocycles. The molecule has 1 saturated heterocycles.